The van der Waals surface area contributed by atoms with Crippen LogP contribution in [0.5, 0.6) is 5.75 Å². The lowest BCUT2D eigenvalue weighted by Gasteiger charge is -2.09. The maximum absolute atomic E-state index is 11.9. The highest BCUT2D eigenvalue weighted by Gasteiger charge is 2.04. The molecule has 0 aliphatic rings. The fourth-order valence-electron chi connectivity index (χ4n) is 2.20. The molecule has 0 unspecified atom stereocenters. The molecular formula is C19H23NO3. The monoisotopic (exact) mass is 313 g/mol. The van der Waals surface area contributed by atoms with Crippen LogP contribution in [0.25, 0.3) is 0 Å². The Morgan fingerprint density at radius 2 is 1.96 bits per heavy atom. The van der Waals surface area contributed by atoms with Crippen LogP contribution in [-0.4, -0.2) is 17.6 Å². The lowest BCUT2D eigenvalue weighted by atomic mass is 10.1. The Labute approximate surface area is 137 Å². The molecule has 4 heteroatoms. The van der Waals surface area contributed by atoms with Gasteiger partial charge in [-0.1, -0.05) is 18.2 Å². The fraction of sp³-hybridized carbons (Fsp3) is 0.316. The summed E-state index contributed by atoms with van der Waals surface area (Å²) < 4.78 is 5.67. The molecule has 122 valence electrons. The number of amides is 1. The molecule has 1 amide bonds. The number of aliphatic hydroxyl groups excluding tert-OH is 1. The van der Waals surface area contributed by atoms with Gasteiger partial charge in [-0.3, -0.25) is 4.79 Å². The van der Waals surface area contributed by atoms with E-state index in [9.17, 15) is 4.79 Å². The summed E-state index contributed by atoms with van der Waals surface area (Å²) in [7, 11) is 0. The minimum atomic E-state index is -0.0521. The van der Waals surface area contributed by atoms with E-state index in [2.05, 4.69) is 19.2 Å². The average molecular weight is 313 g/mol. The molecule has 2 N–H and O–H groups in total. The quantitative estimate of drug-likeness (QED) is 0.768. The first kappa shape index (κ1) is 17.0. The van der Waals surface area contributed by atoms with E-state index in [1.54, 1.807) is 6.07 Å². The highest BCUT2D eigenvalue weighted by molar-refractivity contribution is 5.90. The van der Waals surface area contributed by atoms with Crippen LogP contribution in [0.3, 0.4) is 0 Å². The van der Waals surface area contributed by atoms with Crippen molar-refractivity contribution in [1.29, 1.82) is 0 Å². The Morgan fingerprint density at radius 1 is 1.13 bits per heavy atom. The summed E-state index contributed by atoms with van der Waals surface area (Å²) in [5.74, 6) is 0.785. The van der Waals surface area contributed by atoms with Crippen LogP contribution in [0, 0.1) is 13.8 Å². The van der Waals surface area contributed by atoms with E-state index in [1.807, 2.05) is 36.4 Å². The third-order valence-electron chi connectivity index (χ3n) is 3.69. The van der Waals surface area contributed by atoms with E-state index in [-0.39, 0.29) is 12.5 Å². The van der Waals surface area contributed by atoms with Gasteiger partial charge in [-0.25, -0.2) is 0 Å². The fourth-order valence-corrected chi connectivity index (χ4v) is 2.20. The second-order valence-corrected chi connectivity index (χ2v) is 5.60. The highest BCUT2D eigenvalue weighted by atomic mass is 16.5. The number of nitrogens with one attached hydrogen (secondary N) is 1. The van der Waals surface area contributed by atoms with Crippen LogP contribution in [0.4, 0.5) is 5.69 Å². The molecule has 0 aromatic heterocycles. The summed E-state index contributed by atoms with van der Waals surface area (Å²) in [5.41, 5.74) is 3.92. The first-order valence-electron chi connectivity index (χ1n) is 7.78. The van der Waals surface area contributed by atoms with E-state index in [0.717, 1.165) is 11.3 Å². The molecule has 0 radical (unpaired) electrons. The standard InChI is InChI=1S/C19H23NO3/c1-14-8-9-18(11-15(14)2)23-10-4-7-19(22)20-17-6-3-5-16(12-17)13-21/h3,5-6,8-9,11-12,21H,4,7,10,13H2,1-2H3,(H,20,22). The highest BCUT2D eigenvalue weighted by Crippen LogP contribution is 2.17. The predicted molar refractivity (Wildman–Crippen MR) is 91.6 cm³/mol. The smallest absolute Gasteiger partial charge is 0.224 e. The number of ether oxygens (including phenoxy) is 1. The van der Waals surface area contributed by atoms with E-state index >= 15 is 0 Å². The second kappa shape index (κ2) is 8.34. The predicted octanol–water partition coefficient (Wildman–Crippen LogP) is 3.59. The van der Waals surface area contributed by atoms with E-state index < -0.39 is 0 Å². The number of carbonyl (C=O) groups excluding carboxylic acids is 1. The molecule has 2 aromatic rings. The minimum Gasteiger partial charge on any atom is -0.494 e. The first-order chi connectivity index (χ1) is 11.1. The Morgan fingerprint density at radius 3 is 2.70 bits per heavy atom. The van der Waals surface area contributed by atoms with Gasteiger partial charge in [-0.15, -0.1) is 0 Å². The third kappa shape index (κ3) is 5.42. The van der Waals surface area contributed by atoms with E-state index in [1.165, 1.54) is 11.1 Å². The van der Waals surface area contributed by atoms with Gasteiger partial charge in [0.1, 0.15) is 5.75 Å². The molecule has 0 saturated heterocycles. The average Bonchev–Trinajstić information content (AvgIpc) is 2.55. The Kier molecular flexibility index (Phi) is 6.18. The molecule has 2 aromatic carbocycles. The van der Waals surface area contributed by atoms with Crippen molar-refractivity contribution in [2.45, 2.75) is 33.3 Å². The number of benzene rings is 2. The number of carbonyl (C=O) groups is 1. The second-order valence-electron chi connectivity index (χ2n) is 5.60. The van der Waals surface area contributed by atoms with Gasteiger partial charge in [0.25, 0.3) is 0 Å². The van der Waals surface area contributed by atoms with Crippen molar-refractivity contribution in [3.8, 4) is 5.75 Å². The summed E-state index contributed by atoms with van der Waals surface area (Å²) in [4.78, 5) is 11.9. The first-order valence-corrected chi connectivity index (χ1v) is 7.78. The lowest BCUT2D eigenvalue weighted by molar-refractivity contribution is -0.116. The molecule has 2 rings (SSSR count). The SMILES string of the molecule is Cc1ccc(OCCCC(=O)Nc2cccc(CO)c2)cc1C. The molecule has 0 fully saturated rings. The number of anilines is 1. The number of rotatable bonds is 7. The largest absolute Gasteiger partial charge is 0.494 e. The zero-order chi connectivity index (χ0) is 16.7. The maximum atomic E-state index is 11.9. The molecule has 0 spiro atoms. The van der Waals surface area contributed by atoms with Gasteiger partial charge in [0, 0.05) is 12.1 Å². The molecule has 0 bridgehead atoms. The summed E-state index contributed by atoms with van der Waals surface area (Å²) in [5, 5.41) is 11.9. The van der Waals surface area contributed by atoms with Crippen LogP contribution in [0.15, 0.2) is 42.5 Å². The molecule has 0 heterocycles. The molecule has 23 heavy (non-hydrogen) atoms. The van der Waals surface area contributed by atoms with Gasteiger partial charge in [-0.05, 0) is 61.2 Å². The number of aryl methyl sites for hydroxylation is 2. The van der Waals surface area contributed by atoms with Crippen molar-refractivity contribution >= 4 is 11.6 Å². The minimum absolute atomic E-state index is 0.0342. The molecule has 0 atom stereocenters. The van der Waals surface area contributed by atoms with Gasteiger partial charge in [0.05, 0.1) is 13.2 Å². The van der Waals surface area contributed by atoms with Crippen molar-refractivity contribution in [3.05, 3.63) is 59.2 Å². The lowest BCUT2D eigenvalue weighted by Crippen LogP contribution is -2.13. The zero-order valence-corrected chi connectivity index (χ0v) is 13.6. The van der Waals surface area contributed by atoms with Gasteiger partial charge in [-0.2, -0.15) is 0 Å². The van der Waals surface area contributed by atoms with Crippen molar-refractivity contribution in [2.75, 3.05) is 11.9 Å². The number of aliphatic hydroxyl groups is 1. The summed E-state index contributed by atoms with van der Waals surface area (Å²) in [6.07, 6.45) is 1.05. The number of hydrogen-bond acceptors (Lipinski definition) is 3. The van der Waals surface area contributed by atoms with Crippen LogP contribution in [0.1, 0.15) is 29.5 Å². The number of hydrogen-bond donors (Lipinski definition) is 2. The van der Waals surface area contributed by atoms with E-state index in [0.29, 0.717) is 25.1 Å². The molecule has 0 saturated carbocycles. The van der Waals surface area contributed by atoms with Crippen LogP contribution < -0.4 is 10.1 Å². The van der Waals surface area contributed by atoms with Gasteiger partial charge in [0.2, 0.25) is 5.91 Å². The molecule has 0 aliphatic carbocycles. The topological polar surface area (TPSA) is 58.6 Å². The van der Waals surface area contributed by atoms with Crippen molar-refractivity contribution in [2.24, 2.45) is 0 Å². The van der Waals surface area contributed by atoms with Crippen molar-refractivity contribution < 1.29 is 14.6 Å². The molecule has 0 aliphatic heterocycles. The Bertz CT molecular complexity index is 667. The third-order valence-corrected chi connectivity index (χ3v) is 3.69. The zero-order valence-electron chi connectivity index (χ0n) is 13.6. The Balaban J connectivity index is 1.73. The Hall–Kier alpha value is -2.33. The van der Waals surface area contributed by atoms with Crippen LogP contribution in [0.2, 0.25) is 0 Å². The summed E-state index contributed by atoms with van der Waals surface area (Å²) in [6, 6.07) is 13.2. The molecule has 4 nitrogen and oxygen atoms in total. The normalized spacial score (nSPS) is 10.4. The van der Waals surface area contributed by atoms with Gasteiger partial charge >= 0.3 is 0 Å². The van der Waals surface area contributed by atoms with Crippen LogP contribution >= 0.6 is 0 Å². The molecular weight excluding hydrogens is 290 g/mol. The maximum Gasteiger partial charge on any atom is 0.224 e. The van der Waals surface area contributed by atoms with Crippen LogP contribution in [-0.2, 0) is 11.4 Å². The van der Waals surface area contributed by atoms with Gasteiger partial charge < -0.3 is 15.2 Å². The summed E-state index contributed by atoms with van der Waals surface area (Å²) >= 11 is 0. The van der Waals surface area contributed by atoms with E-state index in [4.69, 9.17) is 9.84 Å². The van der Waals surface area contributed by atoms with Crippen molar-refractivity contribution in [1.82, 2.24) is 0 Å². The van der Waals surface area contributed by atoms with Crippen molar-refractivity contribution in [3.63, 3.8) is 0 Å². The van der Waals surface area contributed by atoms with Gasteiger partial charge in [0.15, 0.2) is 0 Å². The summed E-state index contributed by atoms with van der Waals surface area (Å²) in [6.45, 7) is 4.59.